The minimum absolute atomic E-state index is 0.0141. The number of fused-ring (bicyclic) bond motifs is 1. The van der Waals surface area contributed by atoms with Gasteiger partial charge in [0.15, 0.2) is 5.65 Å². The average molecular weight is 376 g/mol. The third-order valence-corrected chi connectivity index (χ3v) is 4.19. The predicted molar refractivity (Wildman–Crippen MR) is 84.4 cm³/mol. The normalized spacial score (nSPS) is 11.9. The summed E-state index contributed by atoms with van der Waals surface area (Å²) in [5.74, 6) is -0.864. The van der Waals surface area contributed by atoms with E-state index in [4.69, 9.17) is 23.2 Å². The fourth-order valence-electron chi connectivity index (χ4n) is 2.17. The number of anilines is 1. The number of hydrogen-bond donors (Lipinski definition) is 0. The highest BCUT2D eigenvalue weighted by Crippen LogP contribution is 2.29. The molecule has 0 aliphatic rings. The quantitative estimate of drug-likeness (QED) is 0.691. The van der Waals surface area contributed by atoms with Crippen LogP contribution in [0.3, 0.4) is 0 Å². The Balaban J connectivity index is 1.95. The first-order chi connectivity index (χ1) is 11.3. The monoisotopic (exact) mass is 375 g/mol. The highest BCUT2D eigenvalue weighted by molar-refractivity contribution is 6.42. The van der Waals surface area contributed by atoms with Crippen molar-refractivity contribution in [1.82, 2.24) is 19.8 Å². The molecule has 0 spiro atoms. The van der Waals surface area contributed by atoms with Crippen molar-refractivity contribution < 1.29 is 13.2 Å². The summed E-state index contributed by atoms with van der Waals surface area (Å²) in [6, 6.07) is 8.16. The highest BCUT2D eigenvalue weighted by atomic mass is 35.5. The minimum Gasteiger partial charge on any atom is -0.354 e. The topological polar surface area (TPSA) is 46.3 Å². The van der Waals surface area contributed by atoms with E-state index in [0.29, 0.717) is 26.9 Å². The summed E-state index contributed by atoms with van der Waals surface area (Å²) in [6.45, 7) is 0.321. The maximum Gasteiger partial charge on any atom is 0.453 e. The zero-order valence-electron chi connectivity index (χ0n) is 12.2. The summed E-state index contributed by atoms with van der Waals surface area (Å²) in [6.07, 6.45) is -4.64. The van der Waals surface area contributed by atoms with E-state index in [1.165, 1.54) is 6.07 Å². The van der Waals surface area contributed by atoms with Crippen molar-refractivity contribution in [2.24, 2.45) is 0 Å². The van der Waals surface area contributed by atoms with Crippen LogP contribution in [0.15, 0.2) is 30.3 Å². The summed E-state index contributed by atoms with van der Waals surface area (Å²) in [4.78, 5) is 1.65. The molecule has 126 valence electrons. The second-order valence-corrected chi connectivity index (χ2v) is 5.84. The number of hydrogen-bond acceptors (Lipinski definition) is 4. The Hall–Kier alpha value is -2.06. The van der Waals surface area contributed by atoms with Crippen LogP contribution in [0.2, 0.25) is 10.0 Å². The lowest BCUT2D eigenvalue weighted by Crippen LogP contribution is -2.20. The van der Waals surface area contributed by atoms with Gasteiger partial charge in [0.2, 0.25) is 0 Å². The molecular weight excluding hydrogens is 366 g/mol. The Morgan fingerprint density at radius 2 is 1.88 bits per heavy atom. The molecule has 0 atom stereocenters. The fourth-order valence-corrected chi connectivity index (χ4v) is 2.55. The van der Waals surface area contributed by atoms with Gasteiger partial charge in [-0.1, -0.05) is 35.3 Å². The molecule has 0 unspecified atom stereocenters. The summed E-state index contributed by atoms with van der Waals surface area (Å²) in [5.41, 5.74) is 0.744. The molecule has 0 saturated heterocycles. The summed E-state index contributed by atoms with van der Waals surface area (Å²) < 4.78 is 39.4. The molecule has 0 amide bonds. The second kappa shape index (κ2) is 6.10. The molecule has 0 aliphatic heterocycles. The molecule has 5 nitrogen and oxygen atoms in total. The van der Waals surface area contributed by atoms with Gasteiger partial charge in [-0.3, -0.25) is 0 Å². The van der Waals surface area contributed by atoms with Gasteiger partial charge in [-0.15, -0.1) is 15.3 Å². The van der Waals surface area contributed by atoms with Gasteiger partial charge >= 0.3 is 6.18 Å². The number of halogens is 5. The van der Waals surface area contributed by atoms with Gasteiger partial charge in [-0.2, -0.15) is 17.7 Å². The molecule has 0 saturated carbocycles. The Morgan fingerprint density at radius 1 is 1.12 bits per heavy atom. The predicted octanol–water partition coefficient (Wildman–Crippen LogP) is 4.09. The Bertz CT molecular complexity index is 894. The SMILES string of the molecule is CN(Cc1cccc(Cl)c1Cl)c1ccc2nnc(C(F)(F)F)n2n1. The molecule has 24 heavy (non-hydrogen) atoms. The number of nitrogens with zero attached hydrogens (tertiary/aromatic N) is 5. The molecule has 0 bridgehead atoms. The molecule has 10 heteroatoms. The van der Waals surface area contributed by atoms with Crippen LogP contribution < -0.4 is 4.90 Å². The third-order valence-electron chi connectivity index (χ3n) is 3.33. The number of alkyl halides is 3. The fraction of sp³-hybridized carbons (Fsp3) is 0.214. The van der Waals surface area contributed by atoms with Crippen LogP contribution in [-0.2, 0) is 12.7 Å². The molecule has 2 heterocycles. The number of benzene rings is 1. The molecular formula is C14H10Cl2F3N5. The van der Waals surface area contributed by atoms with Gasteiger partial charge in [0.05, 0.1) is 10.0 Å². The molecule has 0 radical (unpaired) electrons. The number of aromatic nitrogens is 4. The van der Waals surface area contributed by atoms with E-state index < -0.39 is 12.0 Å². The summed E-state index contributed by atoms with van der Waals surface area (Å²) >= 11 is 12.1. The van der Waals surface area contributed by atoms with Gasteiger partial charge < -0.3 is 4.90 Å². The van der Waals surface area contributed by atoms with Crippen molar-refractivity contribution in [3.8, 4) is 0 Å². The second-order valence-electron chi connectivity index (χ2n) is 5.05. The molecule has 3 rings (SSSR count). The van der Waals surface area contributed by atoms with Gasteiger partial charge in [0.25, 0.3) is 5.82 Å². The largest absolute Gasteiger partial charge is 0.453 e. The van der Waals surface area contributed by atoms with Crippen molar-refractivity contribution in [2.45, 2.75) is 12.7 Å². The van der Waals surface area contributed by atoms with Gasteiger partial charge in [0.1, 0.15) is 5.82 Å². The number of rotatable bonds is 3. The van der Waals surface area contributed by atoms with Crippen LogP contribution in [0.25, 0.3) is 5.65 Å². The molecule has 3 aromatic rings. The smallest absolute Gasteiger partial charge is 0.354 e. The Labute approximate surface area is 144 Å². The van der Waals surface area contributed by atoms with Gasteiger partial charge in [-0.25, -0.2) is 0 Å². The van der Waals surface area contributed by atoms with E-state index in [1.54, 1.807) is 36.2 Å². The average Bonchev–Trinajstić information content (AvgIpc) is 2.95. The van der Waals surface area contributed by atoms with Crippen molar-refractivity contribution in [3.05, 3.63) is 51.8 Å². The zero-order chi connectivity index (χ0) is 17.5. The molecule has 1 aromatic carbocycles. The van der Waals surface area contributed by atoms with Crippen molar-refractivity contribution in [3.63, 3.8) is 0 Å². The first-order valence-electron chi connectivity index (χ1n) is 6.71. The van der Waals surface area contributed by atoms with E-state index in [-0.39, 0.29) is 5.65 Å². The lowest BCUT2D eigenvalue weighted by Gasteiger charge is -2.19. The van der Waals surface area contributed by atoms with E-state index in [1.807, 2.05) is 0 Å². The van der Waals surface area contributed by atoms with E-state index in [2.05, 4.69) is 15.3 Å². The van der Waals surface area contributed by atoms with Crippen LogP contribution in [-0.4, -0.2) is 26.9 Å². The first kappa shape index (κ1) is 16.8. The van der Waals surface area contributed by atoms with E-state index in [0.717, 1.165) is 5.56 Å². The zero-order valence-corrected chi connectivity index (χ0v) is 13.7. The lowest BCUT2D eigenvalue weighted by atomic mass is 10.2. The standard InChI is InChI=1S/C14H10Cl2F3N5/c1-23(7-8-3-2-4-9(15)12(8)16)11-6-5-10-20-21-13(14(17,18)19)24(10)22-11/h2-6H,7H2,1H3. The van der Waals surface area contributed by atoms with Crippen LogP contribution in [0.5, 0.6) is 0 Å². The molecule has 0 aliphatic carbocycles. The van der Waals surface area contributed by atoms with Crippen LogP contribution in [0, 0.1) is 0 Å². The van der Waals surface area contributed by atoms with Crippen molar-refractivity contribution >= 4 is 34.7 Å². The molecule has 0 fully saturated rings. The van der Waals surface area contributed by atoms with Gasteiger partial charge in [-0.05, 0) is 23.8 Å². The van der Waals surface area contributed by atoms with Gasteiger partial charge in [0, 0.05) is 13.6 Å². The summed E-state index contributed by atoms with van der Waals surface area (Å²) in [7, 11) is 1.68. The maximum absolute atomic E-state index is 12.9. The highest BCUT2D eigenvalue weighted by Gasteiger charge is 2.37. The third kappa shape index (κ3) is 3.11. The minimum atomic E-state index is -4.64. The maximum atomic E-state index is 12.9. The van der Waals surface area contributed by atoms with Crippen LogP contribution in [0.1, 0.15) is 11.4 Å². The molecule has 2 aromatic heterocycles. The van der Waals surface area contributed by atoms with E-state index >= 15 is 0 Å². The molecule has 0 N–H and O–H groups in total. The lowest BCUT2D eigenvalue weighted by molar-refractivity contribution is -0.146. The van der Waals surface area contributed by atoms with E-state index in [9.17, 15) is 13.2 Å². The first-order valence-corrected chi connectivity index (χ1v) is 7.46. The Morgan fingerprint density at radius 3 is 2.58 bits per heavy atom. The van der Waals surface area contributed by atoms with Crippen LogP contribution in [0.4, 0.5) is 19.0 Å². The van der Waals surface area contributed by atoms with Crippen molar-refractivity contribution in [2.75, 3.05) is 11.9 Å². The van der Waals surface area contributed by atoms with Crippen molar-refractivity contribution in [1.29, 1.82) is 0 Å². The van der Waals surface area contributed by atoms with Crippen LogP contribution >= 0.6 is 23.2 Å². The summed E-state index contributed by atoms with van der Waals surface area (Å²) in [5, 5.41) is 11.4. The Kier molecular flexibility index (Phi) is 4.27.